The minimum Gasteiger partial charge on any atom is -0.349 e. The average Bonchev–Trinajstić information content (AvgIpc) is 2.86. The smallest absolute Gasteiger partial charge is 0.254 e. The minimum atomic E-state index is -1.06. The molecule has 1 saturated carbocycles. The molecule has 2 atom stereocenters. The van der Waals surface area contributed by atoms with Crippen LogP contribution in [-0.2, 0) is 0 Å². The van der Waals surface area contributed by atoms with Gasteiger partial charge in [-0.2, -0.15) is 0 Å². The van der Waals surface area contributed by atoms with E-state index in [4.69, 9.17) is 0 Å². The molecule has 4 heteroatoms. The van der Waals surface area contributed by atoms with Crippen molar-refractivity contribution in [3.05, 3.63) is 35.4 Å². The van der Waals surface area contributed by atoms with Crippen molar-refractivity contribution in [3.63, 3.8) is 0 Å². The maximum absolute atomic E-state index is 13.6. The molecule has 1 N–H and O–H groups in total. The molecule has 0 saturated heterocycles. The van der Waals surface area contributed by atoms with Crippen molar-refractivity contribution in [2.75, 3.05) is 0 Å². The summed E-state index contributed by atoms with van der Waals surface area (Å²) in [6.45, 7) is 2.14. The van der Waals surface area contributed by atoms with Gasteiger partial charge in [-0.3, -0.25) is 4.79 Å². The summed E-state index contributed by atoms with van der Waals surface area (Å²) in [5.41, 5.74) is -0.203. The van der Waals surface area contributed by atoms with Crippen LogP contribution in [0.3, 0.4) is 0 Å². The van der Waals surface area contributed by atoms with Crippen molar-refractivity contribution >= 4 is 5.91 Å². The number of carbonyl (C=O) groups is 1. The topological polar surface area (TPSA) is 29.1 Å². The Morgan fingerprint density at radius 2 is 2.15 bits per heavy atom. The van der Waals surface area contributed by atoms with E-state index >= 15 is 0 Å². The molecule has 0 aromatic heterocycles. The van der Waals surface area contributed by atoms with Gasteiger partial charge in [-0.15, -0.1) is 0 Å². The molecule has 1 aliphatic carbocycles. The lowest BCUT2D eigenvalue weighted by molar-refractivity contribution is 0.0921. The summed E-state index contributed by atoms with van der Waals surface area (Å²) in [7, 11) is 0. The molecule has 2 unspecified atom stereocenters. The predicted octanol–water partition coefficient (Wildman–Crippen LogP) is 4.05. The highest BCUT2D eigenvalue weighted by Crippen LogP contribution is 2.30. The fraction of sp³-hybridized carbons (Fsp3) is 0.562. The third-order valence-electron chi connectivity index (χ3n) is 4.10. The Labute approximate surface area is 118 Å². The Bertz CT molecular complexity index is 476. The quantitative estimate of drug-likeness (QED) is 0.866. The highest BCUT2D eigenvalue weighted by atomic mass is 19.2. The van der Waals surface area contributed by atoms with Crippen molar-refractivity contribution in [2.24, 2.45) is 5.92 Å². The van der Waals surface area contributed by atoms with Crippen molar-refractivity contribution < 1.29 is 13.6 Å². The van der Waals surface area contributed by atoms with Gasteiger partial charge < -0.3 is 5.32 Å². The Morgan fingerprint density at radius 1 is 1.35 bits per heavy atom. The van der Waals surface area contributed by atoms with E-state index in [2.05, 4.69) is 12.2 Å². The molecular weight excluding hydrogens is 260 g/mol. The maximum atomic E-state index is 13.6. The Balaban J connectivity index is 2.02. The first kappa shape index (κ1) is 14.9. The highest BCUT2D eigenvalue weighted by Gasteiger charge is 2.29. The molecule has 1 fully saturated rings. The van der Waals surface area contributed by atoms with Gasteiger partial charge in [0.15, 0.2) is 11.6 Å². The molecule has 2 nitrogen and oxygen atoms in total. The molecular formula is C16H21F2NO. The van der Waals surface area contributed by atoms with E-state index in [9.17, 15) is 13.6 Å². The lowest BCUT2D eigenvalue weighted by Gasteiger charge is -2.21. The van der Waals surface area contributed by atoms with Crippen LogP contribution >= 0.6 is 0 Å². The van der Waals surface area contributed by atoms with E-state index < -0.39 is 17.5 Å². The number of benzene rings is 1. The van der Waals surface area contributed by atoms with E-state index in [-0.39, 0.29) is 11.6 Å². The molecule has 0 radical (unpaired) electrons. The first-order valence-corrected chi connectivity index (χ1v) is 7.38. The van der Waals surface area contributed by atoms with Gasteiger partial charge in [-0.25, -0.2) is 8.78 Å². The molecule has 20 heavy (non-hydrogen) atoms. The van der Waals surface area contributed by atoms with Gasteiger partial charge >= 0.3 is 0 Å². The van der Waals surface area contributed by atoms with Gasteiger partial charge in [0.1, 0.15) is 0 Å². The number of unbranched alkanes of at least 4 members (excludes halogenated alkanes) is 1. The number of hydrogen-bond acceptors (Lipinski definition) is 1. The van der Waals surface area contributed by atoms with Crippen molar-refractivity contribution in [1.29, 1.82) is 0 Å². The zero-order chi connectivity index (χ0) is 14.5. The number of carbonyl (C=O) groups excluding carboxylic acids is 1. The van der Waals surface area contributed by atoms with Crippen molar-refractivity contribution in [3.8, 4) is 0 Å². The average molecular weight is 281 g/mol. The van der Waals surface area contributed by atoms with Crippen LogP contribution in [0.1, 0.15) is 55.8 Å². The number of nitrogens with one attached hydrogen (secondary N) is 1. The number of hydrogen-bond donors (Lipinski definition) is 1. The highest BCUT2D eigenvalue weighted by molar-refractivity contribution is 5.94. The molecule has 1 amide bonds. The standard InChI is InChI=1S/C16H21F2NO/c1-2-3-6-11-7-4-10-14(11)19-16(20)12-8-5-9-13(17)15(12)18/h5,8-9,11,14H,2-4,6-7,10H2,1H3,(H,19,20). The van der Waals surface area contributed by atoms with Crippen LogP contribution < -0.4 is 5.32 Å². The Kier molecular flexibility index (Phi) is 5.10. The van der Waals surface area contributed by atoms with Gasteiger partial charge in [0, 0.05) is 6.04 Å². The number of amides is 1. The summed E-state index contributed by atoms with van der Waals surface area (Å²) < 4.78 is 26.7. The van der Waals surface area contributed by atoms with Crippen LogP contribution in [0, 0.1) is 17.6 Å². The second-order valence-corrected chi connectivity index (χ2v) is 5.51. The fourth-order valence-electron chi connectivity index (χ4n) is 2.96. The molecule has 110 valence electrons. The zero-order valence-electron chi connectivity index (χ0n) is 11.8. The Hall–Kier alpha value is -1.45. The summed E-state index contributed by atoms with van der Waals surface area (Å²) in [4.78, 5) is 12.1. The predicted molar refractivity (Wildman–Crippen MR) is 74.5 cm³/mol. The van der Waals surface area contributed by atoms with Crippen LogP contribution in [0.25, 0.3) is 0 Å². The largest absolute Gasteiger partial charge is 0.349 e. The van der Waals surface area contributed by atoms with Gasteiger partial charge in [0.2, 0.25) is 0 Å². The molecule has 1 aromatic carbocycles. The maximum Gasteiger partial charge on any atom is 0.254 e. The van der Waals surface area contributed by atoms with E-state index in [1.54, 1.807) is 0 Å². The third kappa shape index (κ3) is 3.35. The first-order valence-electron chi connectivity index (χ1n) is 7.38. The molecule has 0 spiro atoms. The first-order chi connectivity index (χ1) is 9.63. The van der Waals surface area contributed by atoms with Crippen LogP contribution in [0.15, 0.2) is 18.2 Å². The number of rotatable bonds is 5. The van der Waals surface area contributed by atoms with Crippen LogP contribution in [0.4, 0.5) is 8.78 Å². The van der Waals surface area contributed by atoms with Gasteiger partial charge in [0.25, 0.3) is 5.91 Å². The summed E-state index contributed by atoms with van der Waals surface area (Å²) in [6, 6.07) is 3.79. The fourth-order valence-corrected chi connectivity index (χ4v) is 2.96. The molecule has 1 aliphatic rings. The molecule has 0 bridgehead atoms. The molecule has 2 rings (SSSR count). The lowest BCUT2D eigenvalue weighted by atomic mass is 9.96. The van der Waals surface area contributed by atoms with Crippen LogP contribution in [-0.4, -0.2) is 11.9 Å². The van der Waals surface area contributed by atoms with Crippen molar-refractivity contribution in [2.45, 2.75) is 51.5 Å². The third-order valence-corrected chi connectivity index (χ3v) is 4.10. The second-order valence-electron chi connectivity index (χ2n) is 5.51. The van der Waals surface area contributed by atoms with E-state index in [1.807, 2.05) is 0 Å². The van der Waals surface area contributed by atoms with Gasteiger partial charge in [-0.05, 0) is 37.3 Å². The zero-order valence-corrected chi connectivity index (χ0v) is 11.8. The second kappa shape index (κ2) is 6.82. The summed E-state index contributed by atoms with van der Waals surface area (Å²) in [5, 5.41) is 2.88. The van der Waals surface area contributed by atoms with Crippen molar-refractivity contribution in [1.82, 2.24) is 5.32 Å². The van der Waals surface area contributed by atoms with E-state index in [1.165, 1.54) is 12.1 Å². The molecule has 0 aliphatic heterocycles. The normalized spacial score (nSPS) is 21.9. The minimum absolute atomic E-state index is 0.0942. The summed E-state index contributed by atoms with van der Waals surface area (Å²) in [5.74, 6) is -2.08. The SMILES string of the molecule is CCCCC1CCCC1NC(=O)c1cccc(F)c1F. The number of halogens is 2. The van der Waals surface area contributed by atoms with Gasteiger partial charge in [-0.1, -0.05) is 32.3 Å². The van der Waals surface area contributed by atoms with Crippen LogP contribution in [0.2, 0.25) is 0 Å². The summed E-state index contributed by atoms with van der Waals surface area (Å²) >= 11 is 0. The Morgan fingerprint density at radius 3 is 2.90 bits per heavy atom. The molecule has 0 heterocycles. The molecule has 1 aromatic rings. The van der Waals surface area contributed by atoms with E-state index in [0.717, 1.165) is 44.6 Å². The monoisotopic (exact) mass is 281 g/mol. The van der Waals surface area contributed by atoms with Gasteiger partial charge in [0.05, 0.1) is 5.56 Å². The summed E-state index contributed by atoms with van der Waals surface area (Å²) in [6.07, 6.45) is 6.49. The lowest BCUT2D eigenvalue weighted by Crippen LogP contribution is -2.37. The van der Waals surface area contributed by atoms with Crippen LogP contribution in [0.5, 0.6) is 0 Å². The van der Waals surface area contributed by atoms with E-state index in [0.29, 0.717) is 5.92 Å².